The minimum atomic E-state index is -0.438. The van der Waals surface area contributed by atoms with Crippen LogP contribution in [0.5, 0.6) is 5.75 Å². The third-order valence-corrected chi connectivity index (χ3v) is 3.03. The van der Waals surface area contributed by atoms with Crippen LogP contribution in [0.2, 0.25) is 0 Å². The highest BCUT2D eigenvalue weighted by molar-refractivity contribution is 5.94. The van der Waals surface area contributed by atoms with Gasteiger partial charge in [-0.3, -0.25) is 9.59 Å². The SMILES string of the molecule is CCN(CC(=O)OC)C(=O)C=Cc1cc(C)ccc1OC. The molecule has 21 heavy (non-hydrogen) atoms. The van der Waals surface area contributed by atoms with E-state index < -0.39 is 5.97 Å². The number of likely N-dealkylation sites (N-methyl/N-ethyl adjacent to an activating group) is 1. The van der Waals surface area contributed by atoms with E-state index >= 15 is 0 Å². The summed E-state index contributed by atoms with van der Waals surface area (Å²) in [5, 5.41) is 0. The lowest BCUT2D eigenvalue weighted by Gasteiger charge is -2.17. The van der Waals surface area contributed by atoms with E-state index in [1.165, 1.54) is 18.1 Å². The topological polar surface area (TPSA) is 55.8 Å². The Hall–Kier alpha value is -2.30. The monoisotopic (exact) mass is 291 g/mol. The largest absolute Gasteiger partial charge is 0.496 e. The van der Waals surface area contributed by atoms with Crippen LogP contribution in [0, 0.1) is 6.92 Å². The van der Waals surface area contributed by atoms with E-state index in [9.17, 15) is 9.59 Å². The van der Waals surface area contributed by atoms with Gasteiger partial charge in [-0.2, -0.15) is 0 Å². The van der Waals surface area contributed by atoms with E-state index in [2.05, 4.69) is 4.74 Å². The van der Waals surface area contributed by atoms with E-state index in [4.69, 9.17) is 4.74 Å². The smallest absolute Gasteiger partial charge is 0.325 e. The molecule has 0 bridgehead atoms. The lowest BCUT2D eigenvalue weighted by molar-refractivity contribution is -0.145. The lowest BCUT2D eigenvalue weighted by Crippen LogP contribution is -2.34. The van der Waals surface area contributed by atoms with Gasteiger partial charge in [-0.05, 0) is 32.1 Å². The van der Waals surface area contributed by atoms with Gasteiger partial charge >= 0.3 is 5.97 Å². The van der Waals surface area contributed by atoms with Crippen LogP contribution in [0.1, 0.15) is 18.1 Å². The molecular formula is C16H21NO4. The van der Waals surface area contributed by atoms with Crippen molar-refractivity contribution in [3.63, 3.8) is 0 Å². The molecule has 0 unspecified atom stereocenters. The number of ether oxygens (including phenoxy) is 2. The molecule has 0 aromatic heterocycles. The second-order valence-electron chi connectivity index (χ2n) is 4.51. The fraction of sp³-hybridized carbons (Fsp3) is 0.375. The summed E-state index contributed by atoms with van der Waals surface area (Å²) in [6, 6.07) is 5.72. The summed E-state index contributed by atoms with van der Waals surface area (Å²) in [7, 11) is 2.88. The van der Waals surface area contributed by atoms with E-state index in [-0.39, 0.29) is 12.5 Å². The van der Waals surface area contributed by atoms with Crippen molar-refractivity contribution in [3.05, 3.63) is 35.4 Å². The third-order valence-electron chi connectivity index (χ3n) is 3.03. The molecule has 5 heteroatoms. The fourth-order valence-electron chi connectivity index (χ4n) is 1.82. The third kappa shape index (κ3) is 4.95. The quantitative estimate of drug-likeness (QED) is 0.594. The van der Waals surface area contributed by atoms with Crippen LogP contribution in [0.4, 0.5) is 0 Å². The molecule has 0 atom stereocenters. The molecule has 0 spiro atoms. The number of aryl methyl sites for hydroxylation is 1. The van der Waals surface area contributed by atoms with Gasteiger partial charge in [-0.1, -0.05) is 11.6 Å². The van der Waals surface area contributed by atoms with Crippen molar-refractivity contribution < 1.29 is 19.1 Å². The van der Waals surface area contributed by atoms with Gasteiger partial charge in [0.2, 0.25) is 5.91 Å². The van der Waals surface area contributed by atoms with Crippen LogP contribution in [0.25, 0.3) is 6.08 Å². The van der Waals surface area contributed by atoms with Gasteiger partial charge in [0.15, 0.2) is 0 Å². The number of carbonyl (C=O) groups excluding carboxylic acids is 2. The van der Waals surface area contributed by atoms with Crippen LogP contribution >= 0.6 is 0 Å². The maximum absolute atomic E-state index is 12.1. The van der Waals surface area contributed by atoms with E-state index in [1.54, 1.807) is 13.2 Å². The standard InChI is InChI=1S/C16H21NO4/c1-5-17(11-16(19)21-4)15(18)9-7-13-10-12(2)6-8-14(13)20-3/h6-10H,5,11H2,1-4H3. The zero-order valence-electron chi connectivity index (χ0n) is 12.9. The van der Waals surface area contributed by atoms with Crippen molar-refractivity contribution in [2.75, 3.05) is 27.3 Å². The van der Waals surface area contributed by atoms with Gasteiger partial charge in [0.25, 0.3) is 0 Å². The summed E-state index contributed by atoms with van der Waals surface area (Å²) in [5.41, 5.74) is 1.89. The normalized spacial score (nSPS) is 10.5. The van der Waals surface area contributed by atoms with Crippen molar-refractivity contribution in [2.45, 2.75) is 13.8 Å². The van der Waals surface area contributed by atoms with E-state index in [0.29, 0.717) is 12.3 Å². The maximum atomic E-state index is 12.1. The zero-order valence-corrected chi connectivity index (χ0v) is 12.9. The van der Waals surface area contributed by atoms with E-state index in [1.807, 2.05) is 32.0 Å². The molecule has 0 fully saturated rings. The molecule has 0 N–H and O–H groups in total. The average Bonchev–Trinajstić information content (AvgIpc) is 2.49. The molecule has 1 aromatic rings. The minimum Gasteiger partial charge on any atom is -0.496 e. The minimum absolute atomic E-state index is 0.0544. The number of nitrogens with zero attached hydrogens (tertiary/aromatic N) is 1. The average molecular weight is 291 g/mol. The highest BCUT2D eigenvalue weighted by Gasteiger charge is 2.13. The number of amides is 1. The molecule has 0 saturated heterocycles. The zero-order chi connectivity index (χ0) is 15.8. The first-order valence-corrected chi connectivity index (χ1v) is 6.70. The predicted octanol–water partition coefficient (Wildman–Crippen LogP) is 2.04. The van der Waals surface area contributed by atoms with Gasteiger partial charge in [0.05, 0.1) is 14.2 Å². The summed E-state index contributed by atoms with van der Waals surface area (Å²) in [6.07, 6.45) is 3.12. The van der Waals surface area contributed by atoms with Crippen LogP contribution in [0.3, 0.4) is 0 Å². The molecular weight excluding hydrogens is 270 g/mol. The highest BCUT2D eigenvalue weighted by Crippen LogP contribution is 2.21. The Morgan fingerprint density at radius 1 is 1.29 bits per heavy atom. The number of rotatable bonds is 6. The maximum Gasteiger partial charge on any atom is 0.325 e. The Morgan fingerprint density at radius 2 is 2.00 bits per heavy atom. The summed E-state index contributed by atoms with van der Waals surface area (Å²) >= 11 is 0. The second-order valence-corrected chi connectivity index (χ2v) is 4.51. The molecule has 1 rings (SSSR count). The van der Waals surface area contributed by atoms with Gasteiger partial charge in [0.1, 0.15) is 12.3 Å². The molecule has 1 amide bonds. The Morgan fingerprint density at radius 3 is 2.57 bits per heavy atom. The van der Waals surface area contributed by atoms with Crippen molar-refractivity contribution in [1.29, 1.82) is 0 Å². The molecule has 1 aromatic carbocycles. The molecule has 0 saturated carbocycles. The number of methoxy groups -OCH3 is 2. The molecule has 5 nitrogen and oxygen atoms in total. The van der Waals surface area contributed by atoms with Gasteiger partial charge in [-0.15, -0.1) is 0 Å². The van der Waals surface area contributed by atoms with Crippen LogP contribution in [-0.4, -0.2) is 44.1 Å². The summed E-state index contributed by atoms with van der Waals surface area (Å²) in [6.45, 7) is 4.15. The Balaban J connectivity index is 2.85. The first-order valence-electron chi connectivity index (χ1n) is 6.70. The molecule has 114 valence electrons. The Kier molecular flexibility index (Phi) is 6.46. The lowest BCUT2D eigenvalue weighted by atomic mass is 10.1. The van der Waals surface area contributed by atoms with Gasteiger partial charge < -0.3 is 14.4 Å². The fourth-order valence-corrected chi connectivity index (χ4v) is 1.82. The van der Waals surface area contributed by atoms with Crippen LogP contribution < -0.4 is 4.74 Å². The first kappa shape index (κ1) is 16.8. The molecule has 0 heterocycles. The Labute approximate surface area is 125 Å². The van der Waals surface area contributed by atoms with Crippen LogP contribution in [-0.2, 0) is 14.3 Å². The van der Waals surface area contributed by atoms with Crippen molar-refractivity contribution in [2.24, 2.45) is 0 Å². The van der Waals surface area contributed by atoms with Crippen LogP contribution in [0.15, 0.2) is 24.3 Å². The molecule has 0 aliphatic carbocycles. The summed E-state index contributed by atoms with van der Waals surface area (Å²) in [5.74, 6) is 0.0128. The number of benzene rings is 1. The number of carbonyl (C=O) groups is 2. The predicted molar refractivity (Wildman–Crippen MR) is 81.0 cm³/mol. The van der Waals surface area contributed by atoms with Crippen molar-refractivity contribution in [3.8, 4) is 5.75 Å². The van der Waals surface area contributed by atoms with E-state index in [0.717, 1.165) is 11.1 Å². The first-order chi connectivity index (χ1) is 10.0. The van der Waals surface area contributed by atoms with Gasteiger partial charge in [-0.25, -0.2) is 0 Å². The molecule has 0 aliphatic heterocycles. The summed E-state index contributed by atoms with van der Waals surface area (Å²) in [4.78, 5) is 24.7. The Bertz CT molecular complexity index is 537. The second kappa shape index (κ2) is 8.09. The van der Waals surface area contributed by atoms with Crippen molar-refractivity contribution >= 4 is 18.0 Å². The number of hydrogen-bond acceptors (Lipinski definition) is 4. The van der Waals surface area contributed by atoms with Crippen molar-refractivity contribution in [1.82, 2.24) is 4.90 Å². The number of esters is 1. The number of hydrogen-bond donors (Lipinski definition) is 0. The summed E-state index contributed by atoms with van der Waals surface area (Å²) < 4.78 is 9.82. The molecule has 0 aliphatic rings. The molecule has 0 radical (unpaired) electrons. The highest BCUT2D eigenvalue weighted by atomic mass is 16.5. The van der Waals surface area contributed by atoms with Gasteiger partial charge in [0, 0.05) is 18.2 Å².